The molecule has 1 heterocycles. The van der Waals surface area contributed by atoms with Gasteiger partial charge in [0.25, 0.3) is 5.91 Å². The Morgan fingerprint density at radius 1 is 1.25 bits per heavy atom. The molecule has 0 bridgehead atoms. The maximum atomic E-state index is 12.8. The first-order chi connectivity index (χ1) is 11.5. The van der Waals surface area contributed by atoms with E-state index < -0.39 is 0 Å². The van der Waals surface area contributed by atoms with E-state index in [1.165, 1.54) is 4.90 Å². The van der Waals surface area contributed by atoms with Crippen LogP contribution in [0.3, 0.4) is 0 Å². The van der Waals surface area contributed by atoms with Gasteiger partial charge in [0.15, 0.2) is 5.11 Å². The van der Waals surface area contributed by atoms with Gasteiger partial charge in [0.1, 0.15) is 11.4 Å². The summed E-state index contributed by atoms with van der Waals surface area (Å²) < 4.78 is 6.25. The van der Waals surface area contributed by atoms with Crippen molar-refractivity contribution in [3.05, 3.63) is 63.8 Å². The van der Waals surface area contributed by atoms with E-state index in [-0.39, 0.29) is 5.91 Å². The van der Waals surface area contributed by atoms with E-state index >= 15 is 0 Å². The number of rotatable bonds is 3. The quantitative estimate of drug-likeness (QED) is 0.621. The van der Waals surface area contributed by atoms with Crippen molar-refractivity contribution >= 4 is 50.9 Å². The van der Waals surface area contributed by atoms with E-state index in [1.807, 2.05) is 49.4 Å². The summed E-state index contributed by atoms with van der Waals surface area (Å²) >= 11 is 8.77. The first-order valence-electron chi connectivity index (χ1n) is 7.27. The Labute approximate surface area is 154 Å². The Morgan fingerprint density at radius 2 is 2.04 bits per heavy atom. The van der Waals surface area contributed by atoms with Crippen LogP contribution in [0.25, 0.3) is 6.08 Å². The molecule has 0 aliphatic carbocycles. The Bertz CT molecular complexity index is 864. The molecule has 1 saturated heterocycles. The average Bonchev–Trinajstić information content (AvgIpc) is 2.81. The van der Waals surface area contributed by atoms with E-state index in [1.54, 1.807) is 13.2 Å². The van der Waals surface area contributed by atoms with Crippen LogP contribution in [0, 0.1) is 6.92 Å². The summed E-state index contributed by atoms with van der Waals surface area (Å²) in [6.07, 6.45) is 1.74. The van der Waals surface area contributed by atoms with Crippen LogP contribution in [0.1, 0.15) is 11.1 Å². The smallest absolute Gasteiger partial charge is 0.281 e. The summed E-state index contributed by atoms with van der Waals surface area (Å²) in [5.41, 5.74) is 3.02. The van der Waals surface area contributed by atoms with Crippen molar-refractivity contribution in [2.45, 2.75) is 6.92 Å². The standard InChI is InChI=1S/C18H15BrN2O2S/c1-11-4-3-5-14(8-11)21-17(22)15(20-18(21)24)10-12-9-13(19)6-7-16(12)23-2/h3-10H,1-2H3,(H,20,24)/b15-10-. The third-order valence-electron chi connectivity index (χ3n) is 3.63. The fourth-order valence-electron chi connectivity index (χ4n) is 2.51. The predicted octanol–water partition coefficient (Wildman–Crippen LogP) is 4.03. The van der Waals surface area contributed by atoms with Crippen molar-refractivity contribution < 1.29 is 9.53 Å². The van der Waals surface area contributed by atoms with Crippen molar-refractivity contribution in [1.82, 2.24) is 5.32 Å². The lowest BCUT2D eigenvalue weighted by atomic mass is 10.1. The summed E-state index contributed by atoms with van der Waals surface area (Å²) in [5.74, 6) is 0.493. The Kier molecular flexibility index (Phi) is 4.69. The molecule has 0 radical (unpaired) electrons. The number of amides is 1. The molecule has 6 heteroatoms. The fraction of sp³-hybridized carbons (Fsp3) is 0.111. The van der Waals surface area contributed by atoms with Crippen LogP contribution >= 0.6 is 28.1 Å². The van der Waals surface area contributed by atoms with E-state index in [9.17, 15) is 4.79 Å². The van der Waals surface area contributed by atoms with Crippen molar-refractivity contribution in [2.24, 2.45) is 0 Å². The van der Waals surface area contributed by atoms with Gasteiger partial charge in [-0.05, 0) is 61.1 Å². The number of hydrogen-bond acceptors (Lipinski definition) is 3. The third kappa shape index (κ3) is 3.20. The molecule has 1 N–H and O–H groups in total. The molecule has 1 aliphatic rings. The van der Waals surface area contributed by atoms with E-state index in [2.05, 4.69) is 21.2 Å². The van der Waals surface area contributed by atoms with Crippen LogP contribution in [-0.2, 0) is 4.79 Å². The molecule has 122 valence electrons. The van der Waals surface area contributed by atoms with Gasteiger partial charge >= 0.3 is 0 Å². The normalized spacial score (nSPS) is 15.8. The molecule has 0 spiro atoms. The lowest BCUT2D eigenvalue weighted by Gasteiger charge is -2.14. The number of hydrogen-bond donors (Lipinski definition) is 1. The molecule has 0 unspecified atom stereocenters. The van der Waals surface area contributed by atoms with Crippen LogP contribution in [0.4, 0.5) is 5.69 Å². The number of nitrogens with one attached hydrogen (secondary N) is 1. The van der Waals surface area contributed by atoms with Gasteiger partial charge in [0.05, 0.1) is 12.8 Å². The van der Waals surface area contributed by atoms with Gasteiger partial charge in [0, 0.05) is 10.0 Å². The van der Waals surface area contributed by atoms with Gasteiger partial charge < -0.3 is 10.1 Å². The third-order valence-corrected chi connectivity index (χ3v) is 4.41. The van der Waals surface area contributed by atoms with Crippen LogP contribution in [0.2, 0.25) is 0 Å². The zero-order valence-corrected chi connectivity index (χ0v) is 15.6. The number of ether oxygens (including phenoxy) is 1. The van der Waals surface area contributed by atoms with Crippen LogP contribution in [0.5, 0.6) is 5.75 Å². The minimum atomic E-state index is -0.187. The largest absolute Gasteiger partial charge is 0.496 e. The van der Waals surface area contributed by atoms with Gasteiger partial charge in [-0.25, -0.2) is 0 Å². The Balaban J connectivity index is 1.99. The monoisotopic (exact) mass is 402 g/mol. The number of aryl methyl sites for hydroxylation is 1. The molecule has 1 aliphatic heterocycles. The molecule has 2 aromatic carbocycles. The molecule has 2 aromatic rings. The molecule has 4 nitrogen and oxygen atoms in total. The SMILES string of the molecule is COc1ccc(Br)cc1/C=C1\NC(=S)N(c2cccc(C)c2)C1=O. The summed E-state index contributed by atoms with van der Waals surface area (Å²) in [6, 6.07) is 13.3. The first-order valence-corrected chi connectivity index (χ1v) is 8.47. The summed E-state index contributed by atoms with van der Waals surface area (Å²) in [6.45, 7) is 1.98. The number of halogens is 1. The molecular weight excluding hydrogens is 388 g/mol. The Morgan fingerprint density at radius 3 is 2.75 bits per heavy atom. The van der Waals surface area contributed by atoms with Crippen LogP contribution in [0.15, 0.2) is 52.6 Å². The lowest BCUT2D eigenvalue weighted by molar-refractivity contribution is -0.113. The molecule has 0 atom stereocenters. The number of carbonyl (C=O) groups is 1. The van der Waals surface area contributed by atoms with Gasteiger partial charge in [-0.3, -0.25) is 9.69 Å². The van der Waals surface area contributed by atoms with E-state index in [0.29, 0.717) is 16.6 Å². The van der Waals surface area contributed by atoms with Crippen LogP contribution < -0.4 is 15.0 Å². The minimum absolute atomic E-state index is 0.187. The summed E-state index contributed by atoms with van der Waals surface area (Å²) in [5, 5.41) is 3.36. The topological polar surface area (TPSA) is 41.6 Å². The number of carbonyl (C=O) groups excluding carboxylic acids is 1. The zero-order chi connectivity index (χ0) is 17.3. The molecule has 0 aromatic heterocycles. The molecule has 1 amide bonds. The lowest BCUT2D eigenvalue weighted by Crippen LogP contribution is -2.30. The Hall–Kier alpha value is -2.18. The maximum Gasteiger partial charge on any atom is 0.281 e. The highest BCUT2D eigenvalue weighted by molar-refractivity contribution is 9.10. The highest BCUT2D eigenvalue weighted by Gasteiger charge is 2.32. The molecular formula is C18H15BrN2O2S. The van der Waals surface area contributed by atoms with Crippen molar-refractivity contribution in [1.29, 1.82) is 0 Å². The van der Waals surface area contributed by atoms with E-state index in [0.717, 1.165) is 21.3 Å². The average molecular weight is 403 g/mol. The molecule has 24 heavy (non-hydrogen) atoms. The second kappa shape index (κ2) is 6.75. The molecule has 3 rings (SSSR count). The first kappa shape index (κ1) is 16.7. The second-order valence-electron chi connectivity index (χ2n) is 5.35. The fourth-order valence-corrected chi connectivity index (χ4v) is 3.19. The molecule has 1 fully saturated rings. The number of anilines is 1. The zero-order valence-electron chi connectivity index (χ0n) is 13.2. The maximum absolute atomic E-state index is 12.8. The number of methoxy groups -OCH3 is 1. The highest BCUT2D eigenvalue weighted by Crippen LogP contribution is 2.28. The van der Waals surface area contributed by atoms with Gasteiger partial charge in [-0.15, -0.1) is 0 Å². The number of nitrogens with zero attached hydrogens (tertiary/aromatic N) is 1. The number of benzene rings is 2. The number of thiocarbonyl (C=S) groups is 1. The van der Waals surface area contributed by atoms with Gasteiger partial charge in [-0.2, -0.15) is 0 Å². The van der Waals surface area contributed by atoms with Crippen molar-refractivity contribution in [3.63, 3.8) is 0 Å². The van der Waals surface area contributed by atoms with Crippen molar-refractivity contribution in [3.8, 4) is 5.75 Å². The van der Waals surface area contributed by atoms with Gasteiger partial charge in [-0.1, -0.05) is 28.1 Å². The van der Waals surface area contributed by atoms with E-state index in [4.69, 9.17) is 17.0 Å². The summed E-state index contributed by atoms with van der Waals surface area (Å²) in [7, 11) is 1.60. The molecule has 0 saturated carbocycles. The highest BCUT2D eigenvalue weighted by atomic mass is 79.9. The van der Waals surface area contributed by atoms with Gasteiger partial charge in [0.2, 0.25) is 0 Å². The predicted molar refractivity (Wildman–Crippen MR) is 103 cm³/mol. The van der Waals surface area contributed by atoms with Crippen molar-refractivity contribution in [2.75, 3.05) is 12.0 Å². The van der Waals surface area contributed by atoms with Crippen LogP contribution in [-0.4, -0.2) is 18.1 Å². The summed E-state index contributed by atoms with van der Waals surface area (Å²) in [4.78, 5) is 14.3. The minimum Gasteiger partial charge on any atom is -0.496 e. The second-order valence-corrected chi connectivity index (χ2v) is 6.66.